The van der Waals surface area contributed by atoms with Gasteiger partial charge >= 0.3 is 0 Å². The lowest BCUT2D eigenvalue weighted by atomic mass is 9.59. The highest BCUT2D eigenvalue weighted by molar-refractivity contribution is 5.84. The minimum atomic E-state index is -0.241. The molecule has 15 heavy (non-hydrogen) atoms. The number of aliphatic hydroxyl groups is 1. The van der Waals surface area contributed by atoms with E-state index in [0.717, 1.165) is 25.7 Å². The van der Waals surface area contributed by atoms with Crippen LogP contribution in [0.2, 0.25) is 0 Å². The zero-order valence-electron chi connectivity index (χ0n) is 9.04. The van der Waals surface area contributed by atoms with Gasteiger partial charge in [-0.3, -0.25) is 4.79 Å². The molecule has 3 rings (SSSR count). The van der Waals surface area contributed by atoms with Crippen molar-refractivity contribution in [3.8, 4) is 0 Å². The van der Waals surface area contributed by atoms with E-state index in [1.807, 2.05) is 0 Å². The third-order valence-corrected chi connectivity index (χ3v) is 4.87. The van der Waals surface area contributed by atoms with Crippen LogP contribution in [-0.2, 0) is 4.79 Å². The highest BCUT2D eigenvalue weighted by Crippen LogP contribution is 2.60. The Bertz CT molecular complexity index is 333. The van der Waals surface area contributed by atoms with Crippen molar-refractivity contribution >= 4 is 5.78 Å². The molecule has 1 spiro atoms. The molecule has 2 bridgehead atoms. The normalized spacial score (nSPS) is 49.3. The van der Waals surface area contributed by atoms with Crippen LogP contribution >= 0.6 is 0 Å². The van der Waals surface area contributed by atoms with E-state index in [9.17, 15) is 9.90 Å². The predicted octanol–water partition coefficient (Wildman–Crippen LogP) is 2.07. The lowest BCUT2D eigenvalue weighted by Crippen LogP contribution is -2.43. The van der Waals surface area contributed by atoms with Crippen molar-refractivity contribution in [3.05, 3.63) is 12.2 Å². The zero-order valence-corrected chi connectivity index (χ0v) is 9.04. The van der Waals surface area contributed by atoms with Crippen molar-refractivity contribution in [1.82, 2.24) is 0 Å². The molecule has 3 aliphatic carbocycles. The molecule has 0 aromatic heterocycles. The Hall–Kier alpha value is -0.630. The lowest BCUT2D eigenvalue weighted by molar-refractivity contribution is -0.135. The van der Waals surface area contributed by atoms with E-state index in [2.05, 4.69) is 6.58 Å². The lowest BCUT2D eigenvalue weighted by Gasteiger charge is -2.44. The first-order valence-electron chi connectivity index (χ1n) is 5.99. The third-order valence-electron chi connectivity index (χ3n) is 4.87. The van der Waals surface area contributed by atoms with Crippen LogP contribution in [0.25, 0.3) is 0 Å². The van der Waals surface area contributed by atoms with Gasteiger partial charge in [-0.05, 0) is 43.4 Å². The molecule has 0 unspecified atom stereocenters. The Labute approximate surface area is 90.4 Å². The van der Waals surface area contributed by atoms with E-state index in [1.54, 1.807) is 0 Å². The number of Topliss-reactive ketones (excluding diaryl/α,β-unsaturated/α-hetero) is 1. The summed E-state index contributed by atoms with van der Waals surface area (Å²) in [5.74, 6) is 0.990. The van der Waals surface area contributed by atoms with Crippen LogP contribution < -0.4 is 0 Å². The number of carbonyl (C=O) groups is 1. The highest BCUT2D eigenvalue weighted by atomic mass is 16.3. The van der Waals surface area contributed by atoms with Gasteiger partial charge in [-0.1, -0.05) is 12.2 Å². The van der Waals surface area contributed by atoms with Gasteiger partial charge in [0, 0.05) is 12.3 Å². The predicted molar refractivity (Wildman–Crippen MR) is 57.3 cm³/mol. The van der Waals surface area contributed by atoms with Gasteiger partial charge in [-0.25, -0.2) is 0 Å². The number of carbonyl (C=O) groups excluding carboxylic acids is 1. The SMILES string of the molecule is C=C1C[C@@]23CC[C@@H](O)C[C@H]2C(=O)C[C@@H]1C3. The number of fused-ring (bicyclic) bond motifs is 1. The molecule has 3 aliphatic rings. The van der Waals surface area contributed by atoms with Crippen LogP contribution in [-0.4, -0.2) is 17.0 Å². The first-order chi connectivity index (χ1) is 7.11. The highest BCUT2D eigenvalue weighted by Gasteiger charge is 2.55. The molecular formula is C13H18O2. The third kappa shape index (κ3) is 1.24. The first-order valence-corrected chi connectivity index (χ1v) is 5.99. The van der Waals surface area contributed by atoms with Gasteiger partial charge in [-0.2, -0.15) is 0 Å². The maximum absolute atomic E-state index is 12.0. The number of hydrogen-bond acceptors (Lipinski definition) is 2. The molecule has 0 saturated heterocycles. The summed E-state index contributed by atoms with van der Waals surface area (Å²) in [6.07, 6.45) is 5.27. The number of hydrogen-bond donors (Lipinski definition) is 1. The van der Waals surface area contributed by atoms with Crippen molar-refractivity contribution in [2.45, 2.75) is 44.6 Å². The van der Waals surface area contributed by atoms with E-state index in [-0.39, 0.29) is 17.4 Å². The fraction of sp³-hybridized carbons (Fsp3) is 0.769. The van der Waals surface area contributed by atoms with E-state index in [1.165, 1.54) is 5.57 Å². The molecule has 1 N–H and O–H groups in total. The van der Waals surface area contributed by atoms with Crippen molar-refractivity contribution in [2.75, 3.05) is 0 Å². The van der Waals surface area contributed by atoms with Gasteiger partial charge in [-0.15, -0.1) is 0 Å². The molecule has 4 atom stereocenters. The first kappa shape index (κ1) is 9.59. The second-order valence-corrected chi connectivity index (χ2v) is 5.75. The molecule has 3 fully saturated rings. The molecule has 3 saturated carbocycles. The van der Waals surface area contributed by atoms with Crippen LogP contribution in [0.3, 0.4) is 0 Å². The minimum absolute atomic E-state index is 0.136. The van der Waals surface area contributed by atoms with Crippen LogP contribution in [0, 0.1) is 17.3 Å². The summed E-state index contributed by atoms with van der Waals surface area (Å²) in [5.41, 5.74) is 1.50. The molecule has 0 aromatic rings. The molecule has 2 nitrogen and oxygen atoms in total. The molecule has 82 valence electrons. The van der Waals surface area contributed by atoms with Crippen LogP contribution in [0.1, 0.15) is 38.5 Å². The summed E-state index contributed by atoms with van der Waals surface area (Å²) in [4.78, 5) is 12.0. The number of allylic oxidation sites excluding steroid dienone is 1. The van der Waals surface area contributed by atoms with Gasteiger partial charge in [0.15, 0.2) is 0 Å². The van der Waals surface area contributed by atoms with E-state index < -0.39 is 0 Å². The minimum Gasteiger partial charge on any atom is -0.393 e. The van der Waals surface area contributed by atoms with Crippen LogP contribution in [0.4, 0.5) is 0 Å². The zero-order chi connectivity index (χ0) is 10.6. The van der Waals surface area contributed by atoms with Gasteiger partial charge < -0.3 is 5.11 Å². The molecule has 2 heteroatoms. The second-order valence-electron chi connectivity index (χ2n) is 5.75. The van der Waals surface area contributed by atoms with Crippen LogP contribution in [0.15, 0.2) is 12.2 Å². The topological polar surface area (TPSA) is 37.3 Å². The Morgan fingerprint density at radius 2 is 2.27 bits per heavy atom. The van der Waals surface area contributed by atoms with Crippen LogP contribution in [0.5, 0.6) is 0 Å². The average Bonchev–Trinajstić information content (AvgIpc) is 2.44. The summed E-state index contributed by atoms with van der Waals surface area (Å²) in [6, 6.07) is 0. The molecule has 0 aromatic carbocycles. The Morgan fingerprint density at radius 3 is 3.07 bits per heavy atom. The summed E-state index contributed by atoms with van der Waals surface area (Å²) in [7, 11) is 0. The van der Waals surface area contributed by atoms with Crippen molar-refractivity contribution in [1.29, 1.82) is 0 Å². The average molecular weight is 206 g/mol. The smallest absolute Gasteiger partial charge is 0.137 e. The summed E-state index contributed by atoms with van der Waals surface area (Å²) in [5, 5.41) is 9.68. The summed E-state index contributed by atoms with van der Waals surface area (Å²) in [6.45, 7) is 4.12. The quantitative estimate of drug-likeness (QED) is 0.616. The van der Waals surface area contributed by atoms with Gasteiger partial charge in [0.25, 0.3) is 0 Å². The van der Waals surface area contributed by atoms with E-state index in [4.69, 9.17) is 0 Å². The fourth-order valence-electron chi connectivity index (χ4n) is 4.10. The number of rotatable bonds is 0. The Kier molecular flexibility index (Phi) is 1.88. The molecule has 0 heterocycles. The maximum atomic E-state index is 12.0. The number of aliphatic hydroxyl groups excluding tert-OH is 1. The summed E-state index contributed by atoms with van der Waals surface area (Å²) >= 11 is 0. The maximum Gasteiger partial charge on any atom is 0.137 e. The Morgan fingerprint density at radius 1 is 1.47 bits per heavy atom. The molecular weight excluding hydrogens is 188 g/mol. The van der Waals surface area contributed by atoms with Gasteiger partial charge in [0.1, 0.15) is 5.78 Å². The fourth-order valence-corrected chi connectivity index (χ4v) is 4.10. The van der Waals surface area contributed by atoms with Gasteiger partial charge in [0.05, 0.1) is 6.10 Å². The second kappa shape index (κ2) is 2.94. The van der Waals surface area contributed by atoms with Crippen molar-refractivity contribution in [2.24, 2.45) is 17.3 Å². The van der Waals surface area contributed by atoms with E-state index >= 15 is 0 Å². The molecule has 0 amide bonds. The largest absolute Gasteiger partial charge is 0.393 e. The van der Waals surface area contributed by atoms with Crippen molar-refractivity contribution in [3.63, 3.8) is 0 Å². The Balaban J connectivity index is 1.96. The van der Waals surface area contributed by atoms with Crippen molar-refractivity contribution < 1.29 is 9.90 Å². The van der Waals surface area contributed by atoms with E-state index in [0.29, 0.717) is 24.5 Å². The number of ketones is 1. The summed E-state index contributed by atoms with van der Waals surface area (Å²) < 4.78 is 0. The standard InChI is InChI=1S/C13H18O2/c1-8-6-13-3-2-10(14)5-11(13)12(15)4-9(8)7-13/h9-11,14H,1-7H2/t9-,10-,11+,13-/m1/s1. The monoisotopic (exact) mass is 206 g/mol. The molecule has 0 aliphatic heterocycles. The molecule has 0 radical (unpaired) electrons. The van der Waals surface area contributed by atoms with Gasteiger partial charge in [0.2, 0.25) is 0 Å².